The maximum absolute atomic E-state index is 11.6. The fourth-order valence-corrected chi connectivity index (χ4v) is 1.53. The van der Waals surface area contributed by atoms with E-state index < -0.39 is 0 Å². The third-order valence-electron chi connectivity index (χ3n) is 2.02. The van der Waals surface area contributed by atoms with Gasteiger partial charge in [0.1, 0.15) is 5.82 Å². The second kappa shape index (κ2) is 4.94. The van der Waals surface area contributed by atoms with Crippen molar-refractivity contribution in [1.82, 2.24) is 9.97 Å². The van der Waals surface area contributed by atoms with Crippen LogP contribution in [0.2, 0.25) is 0 Å². The smallest absolute Gasteiger partial charge is 0.230 e. The summed E-state index contributed by atoms with van der Waals surface area (Å²) < 4.78 is 0.885. The molecule has 0 atom stereocenters. The minimum Gasteiger partial charge on any atom is -0.367 e. The summed E-state index contributed by atoms with van der Waals surface area (Å²) in [5.74, 6) is 0.484. The van der Waals surface area contributed by atoms with E-state index in [2.05, 4.69) is 31.2 Å². The number of anilines is 1. The molecule has 0 saturated heterocycles. The van der Waals surface area contributed by atoms with Crippen molar-refractivity contribution in [2.24, 2.45) is 0 Å². The van der Waals surface area contributed by atoms with Gasteiger partial charge in [-0.05, 0) is 39.7 Å². The number of carbonyl (C=O) groups excluding carboxylic acids is 1. The SMILES string of the molecule is O=C(Cc1cc[nH]c1)Nc1ccc(Br)cn1. The van der Waals surface area contributed by atoms with E-state index in [0.717, 1.165) is 10.0 Å². The molecule has 0 aliphatic heterocycles. The average Bonchev–Trinajstić information content (AvgIpc) is 2.74. The number of aromatic nitrogens is 2. The summed E-state index contributed by atoms with van der Waals surface area (Å²) in [7, 11) is 0. The summed E-state index contributed by atoms with van der Waals surface area (Å²) in [4.78, 5) is 18.6. The van der Waals surface area contributed by atoms with E-state index in [4.69, 9.17) is 0 Å². The lowest BCUT2D eigenvalue weighted by molar-refractivity contribution is -0.115. The molecule has 0 radical (unpaired) electrons. The molecule has 2 rings (SSSR count). The van der Waals surface area contributed by atoms with Crippen LogP contribution in [0.25, 0.3) is 0 Å². The normalized spacial score (nSPS) is 10.1. The first kappa shape index (κ1) is 10.9. The minimum atomic E-state index is -0.0746. The Kier molecular flexibility index (Phi) is 3.36. The maximum atomic E-state index is 11.6. The third-order valence-corrected chi connectivity index (χ3v) is 2.49. The maximum Gasteiger partial charge on any atom is 0.230 e. The van der Waals surface area contributed by atoms with Crippen LogP contribution < -0.4 is 5.32 Å². The van der Waals surface area contributed by atoms with E-state index in [-0.39, 0.29) is 5.91 Å². The van der Waals surface area contributed by atoms with Crippen molar-refractivity contribution in [3.05, 3.63) is 46.8 Å². The fraction of sp³-hybridized carbons (Fsp3) is 0.0909. The van der Waals surface area contributed by atoms with Gasteiger partial charge in [0.25, 0.3) is 0 Å². The highest BCUT2D eigenvalue weighted by Crippen LogP contribution is 2.10. The number of amides is 1. The summed E-state index contributed by atoms with van der Waals surface area (Å²) in [6.07, 6.45) is 5.59. The molecule has 2 aromatic rings. The van der Waals surface area contributed by atoms with Gasteiger partial charge in [0.2, 0.25) is 5.91 Å². The Balaban J connectivity index is 1.95. The first-order valence-corrected chi connectivity index (χ1v) is 5.56. The number of hydrogen-bond acceptors (Lipinski definition) is 2. The number of halogens is 1. The van der Waals surface area contributed by atoms with Crippen molar-refractivity contribution < 1.29 is 4.79 Å². The zero-order chi connectivity index (χ0) is 11.4. The standard InChI is InChI=1S/C11H10BrN3O/c12-9-1-2-10(14-7-9)15-11(16)5-8-3-4-13-6-8/h1-4,6-7,13H,5H2,(H,14,15,16). The molecule has 4 nitrogen and oxygen atoms in total. The number of rotatable bonds is 3. The minimum absolute atomic E-state index is 0.0746. The molecule has 2 heterocycles. The van der Waals surface area contributed by atoms with Gasteiger partial charge in [-0.15, -0.1) is 0 Å². The first-order chi connectivity index (χ1) is 7.74. The molecule has 1 amide bonds. The molecule has 2 aromatic heterocycles. The highest BCUT2D eigenvalue weighted by Gasteiger charge is 2.04. The van der Waals surface area contributed by atoms with Gasteiger partial charge in [-0.25, -0.2) is 4.98 Å². The molecule has 2 N–H and O–H groups in total. The van der Waals surface area contributed by atoms with Crippen molar-refractivity contribution in [1.29, 1.82) is 0 Å². The third kappa shape index (κ3) is 2.93. The molecule has 5 heteroatoms. The highest BCUT2D eigenvalue weighted by atomic mass is 79.9. The van der Waals surface area contributed by atoms with Crippen molar-refractivity contribution >= 4 is 27.7 Å². The van der Waals surface area contributed by atoms with Crippen molar-refractivity contribution in [3.63, 3.8) is 0 Å². The van der Waals surface area contributed by atoms with Gasteiger partial charge in [-0.2, -0.15) is 0 Å². The van der Waals surface area contributed by atoms with Crippen LogP contribution in [-0.2, 0) is 11.2 Å². The number of pyridine rings is 1. The molecule has 16 heavy (non-hydrogen) atoms. The molecule has 82 valence electrons. The van der Waals surface area contributed by atoms with Gasteiger partial charge in [0.05, 0.1) is 6.42 Å². The number of nitrogens with one attached hydrogen (secondary N) is 2. The summed E-state index contributed by atoms with van der Waals surface area (Å²) in [5.41, 5.74) is 0.953. The molecule has 0 aliphatic rings. The molecular formula is C11H10BrN3O. The van der Waals surface area contributed by atoms with Crippen LogP contribution in [0.3, 0.4) is 0 Å². The van der Waals surface area contributed by atoms with Gasteiger partial charge >= 0.3 is 0 Å². The van der Waals surface area contributed by atoms with E-state index in [9.17, 15) is 4.79 Å². The second-order valence-corrected chi connectivity index (χ2v) is 4.22. The first-order valence-electron chi connectivity index (χ1n) is 4.77. The summed E-state index contributed by atoms with van der Waals surface area (Å²) in [5, 5.41) is 2.72. The Morgan fingerprint density at radius 2 is 2.31 bits per heavy atom. The lowest BCUT2D eigenvalue weighted by atomic mass is 10.2. The Morgan fingerprint density at radius 3 is 2.94 bits per heavy atom. The lowest BCUT2D eigenvalue weighted by Crippen LogP contribution is -2.14. The van der Waals surface area contributed by atoms with Gasteiger partial charge in [-0.1, -0.05) is 0 Å². The monoisotopic (exact) mass is 279 g/mol. The summed E-state index contributed by atoms with van der Waals surface area (Å²) in [6, 6.07) is 5.45. The number of hydrogen-bond donors (Lipinski definition) is 2. The van der Waals surface area contributed by atoms with Gasteiger partial charge in [0, 0.05) is 23.1 Å². The summed E-state index contributed by atoms with van der Waals surface area (Å²) in [6.45, 7) is 0. The van der Waals surface area contributed by atoms with Gasteiger partial charge in [-0.3, -0.25) is 4.79 Å². The predicted octanol–water partition coefficient (Wildman–Crippen LogP) is 2.35. The number of aromatic amines is 1. The molecule has 0 unspecified atom stereocenters. The fourth-order valence-electron chi connectivity index (χ4n) is 1.29. The van der Waals surface area contributed by atoms with E-state index >= 15 is 0 Å². The zero-order valence-electron chi connectivity index (χ0n) is 8.40. The topological polar surface area (TPSA) is 57.8 Å². The van der Waals surface area contributed by atoms with Gasteiger partial charge < -0.3 is 10.3 Å². The largest absolute Gasteiger partial charge is 0.367 e. The van der Waals surface area contributed by atoms with Crippen LogP contribution in [-0.4, -0.2) is 15.9 Å². The molecule has 0 aromatic carbocycles. The van der Waals surface area contributed by atoms with E-state index in [0.29, 0.717) is 12.2 Å². The molecule has 0 bridgehead atoms. The van der Waals surface area contributed by atoms with E-state index in [1.807, 2.05) is 12.1 Å². The quantitative estimate of drug-likeness (QED) is 0.906. The van der Waals surface area contributed by atoms with Gasteiger partial charge in [0.15, 0.2) is 0 Å². The lowest BCUT2D eigenvalue weighted by Gasteiger charge is -2.02. The van der Waals surface area contributed by atoms with Crippen LogP contribution in [0.15, 0.2) is 41.3 Å². The molecule has 0 spiro atoms. The zero-order valence-corrected chi connectivity index (χ0v) is 9.99. The Labute approximate surface area is 101 Å². The van der Waals surface area contributed by atoms with Crippen LogP contribution in [0, 0.1) is 0 Å². The van der Waals surface area contributed by atoms with Crippen LogP contribution in [0.1, 0.15) is 5.56 Å². The molecule has 0 fully saturated rings. The second-order valence-electron chi connectivity index (χ2n) is 3.31. The van der Waals surface area contributed by atoms with E-state index in [1.54, 1.807) is 24.7 Å². The van der Waals surface area contributed by atoms with Crippen molar-refractivity contribution in [2.45, 2.75) is 6.42 Å². The van der Waals surface area contributed by atoms with Crippen LogP contribution >= 0.6 is 15.9 Å². The molecular weight excluding hydrogens is 270 g/mol. The predicted molar refractivity (Wildman–Crippen MR) is 65.1 cm³/mol. The van der Waals surface area contributed by atoms with Crippen LogP contribution in [0.4, 0.5) is 5.82 Å². The Bertz CT molecular complexity index is 464. The highest BCUT2D eigenvalue weighted by molar-refractivity contribution is 9.10. The number of H-pyrrole nitrogens is 1. The Hall–Kier alpha value is -1.62. The molecule has 0 aliphatic carbocycles. The number of nitrogens with zero attached hydrogens (tertiary/aromatic N) is 1. The molecule has 0 saturated carbocycles. The number of carbonyl (C=O) groups is 1. The van der Waals surface area contributed by atoms with Crippen molar-refractivity contribution in [3.8, 4) is 0 Å². The summed E-state index contributed by atoms with van der Waals surface area (Å²) >= 11 is 3.28. The van der Waals surface area contributed by atoms with Crippen LogP contribution in [0.5, 0.6) is 0 Å². The Morgan fingerprint density at radius 1 is 1.44 bits per heavy atom. The van der Waals surface area contributed by atoms with E-state index in [1.165, 1.54) is 0 Å². The average molecular weight is 280 g/mol. The van der Waals surface area contributed by atoms with Crippen molar-refractivity contribution in [2.75, 3.05) is 5.32 Å².